The van der Waals surface area contributed by atoms with Gasteiger partial charge in [0.15, 0.2) is 0 Å². The molecule has 0 aromatic rings. The summed E-state index contributed by atoms with van der Waals surface area (Å²) in [5.41, 5.74) is -0.947. The highest BCUT2D eigenvalue weighted by atomic mass is 79.9. The molecule has 34 heavy (non-hydrogen) atoms. The van der Waals surface area contributed by atoms with Crippen LogP contribution >= 0.6 is 27.7 Å². The third-order valence-electron chi connectivity index (χ3n) is 5.78. The molecule has 7 nitrogen and oxygen atoms in total. The maximum atomic E-state index is 12.2. The highest BCUT2D eigenvalue weighted by Gasteiger charge is 2.32. The van der Waals surface area contributed by atoms with Crippen LogP contribution in [0.3, 0.4) is 0 Å². The Morgan fingerprint density at radius 2 is 1.47 bits per heavy atom. The fraction of sp³-hybridized carbons (Fsp3) is 0.880. The minimum Gasteiger partial charge on any atom is -0.396 e. The van der Waals surface area contributed by atoms with Gasteiger partial charge in [0.05, 0.1) is 11.4 Å². The van der Waals surface area contributed by atoms with Crippen LogP contribution < -0.4 is 10.6 Å². The molecule has 2 unspecified atom stereocenters. The van der Waals surface area contributed by atoms with E-state index in [0.29, 0.717) is 12.3 Å². The summed E-state index contributed by atoms with van der Waals surface area (Å²) in [4.78, 5) is 35.8. The summed E-state index contributed by atoms with van der Waals surface area (Å²) in [5.74, 6) is -0.343. The molecule has 0 bridgehead atoms. The molecular formula is C25H47BrN2O5S. The van der Waals surface area contributed by atoms with Crippen LogP contribution in [0.25, 0.3) is 0 Å². The minimum atomic E-state index is -1.35. The van der Waals surface area contributed by atoms with Crippen LogP contribution in [0.5, 0.6) is 0 Å². The Balaban J connectivity index is 3.72. The van der Waals surface area contributed by atoms with Gasteiger partial charge >= 0.3 is 0 Å². The zero-order chi connectivity index (χ0) is 25.8. The highest BCUT2D eigenvalue weighted by Crippen LogP contribution is 2.20. The van der Waals surface area contributed by atoms with Crippen molar-refractivity contribution in [1.82, 2.24) is 10.6 Å². The summed E-state index contributed by atoms with van der Waals surface area (Å²) in [7, 11) is 0. The average molecular weight is 568 g/mol. The number of carbonyl (C=O) groups excluding carboxylic acids is 3. The number of nitrogens with one attached hydrogen (secondary N) is 2. The topological polar surface area (TPSA) is 116 Å². The third kappa shape index (κ3) is 16.9. The van der Waals surface area contributed by atoms with Crippen molar-refractivity contribution in [3.63, 3.8) is 0 Å². The number of rotatable bonds is 21. The number of aliphatic hydroxyl groups excluding tert-OH is 2. The molecule has 2 atom stereocenters. The largest absolute Gasteiger partial charge is 0.396 e. The molecule has 0 rings (SSSR count). The van der Waals surface area contributed by atoms with Gasteiger partial charge in [-0.3, -0.25) is 14.4 Å². The van der Waals surface area contributed by atoms with Crippen molar-refractivity contribution in [3.8, 4) is 0 Å². The van der Waals surface area contributed by atoms with Crippen molar-refractivity contribution in [3.05, 3.63) is 0 Å². The lowest BCUT2D eigenvalue weighted by molar-refractivity contribution is -0.137. The number of amides is 2. The van der Waals surface area contributed by atoms with Crippen molar-refractivity contribution in [2.45, 2.75) is 109 Å². The summed E-state index contributed by atoms with van der Waals surface area (Å²) in [5, 5.41) is 24.4. The molecule has 0 aliphatic heterocycles. The van der Waals surface area contributed by atoms with E-state index in [-0.39, 0.29) is 35.4 Å². The van der Waals surface area contributed by atoms with Crippen LogP contribution in [0.15, 0.2) is 0 Å². The zero-order valence-electron chi connectivity index (χ0n) is 21.4. The first-order valence-electron chi connectivity index (χ1n) is 12.8. The van der Waals surface area contributed by atoms with E-state index in [4.69, 9.17) is 0 Å². The molecule has 9 heteroatoms. The van der Waals surface area contributed by atoms with E-state index in [1.54, 1.807) is 13.8 Å². The molecule has 0 aromatic heterocycles. The molecule has 0 aliphatic carbocycles. The van der Waals surface area contributed by atoms with Crippen molar-refractivity contribution >= 4 is 44.6 Å². The number of aliphatic hydroxyl groups is 2. The van der Waals surface area contributed by atoms with E-state index in [1.807, 2.05) is 0 Å². The van der Waals surface area contributed by atoms with Crippen LogP contribution in [-0.4, -0.2) is 63.5 Å². The van der Waals surface area contributed by atoms with Gasteiger partial charge in [-0.2, -0.15) is 0 Å². The lowest BCUT2D eigenvalue weighted by Crippen LogP contribution is -2.46. The maximum Gasteiger partial charge on any atom is 0.249 e. The number of thioether (sulfide) groups is 1. The fourth-order valence-corrected chi connectivity index (χ4v) is 4.71. The van der Waals surface area contributed by atoms with E-state index >= 15 is 0 Å². The van der Waals surface area contributed by atoms with E-state index < -0.39 is 17.4 Å². The smallest absolute Gasteiger partial charge is 0.249 e. The van der Waals surface area contributed by atoms with E-state index in [2.05, 4.69) is 33.5 Å². The zero-order valence-corrected chi connectivity index (χ0v) is 23.8. The first-order chi connectivity index (χ1) is 16.2. The molecule has 0 fully saturated rings. The Kier molecular flexibility index (Phi) is 20.2. The van der Waals surface area contributed by atoms with Gasteiger partial charge in [-0.05, 0) is 6.42 Å². The van der Waals surface area contributed by atoms with Gasteiger partial charge in [-0.25, -0.2) is 0 Å². The summed E-state index contributed by atoms with van der Waals surface area (Å²) >= 11 is 4.71. The summed E-state index contributed by atoms with van der Waals surface area (Å²) in [6, 6.07) is 0. The van der Waals surface area contributed by atoms with Gasteiger partial charge in [0.2, 0.25) is 16.9 Å². The number of carbonyl (C=O) groups is 3. The Morgan fingerprint density at radius 3 is 2.03 bits per heavy atom. The molecule has 0 heterocycles. The first kappa shape index (κ1) is 33.4. The van der Waals surface area contributed by atoms with E-state index in [0.717, 1.165) is 19.3 Å². The van der Waals surface area contributed by atoms with E-state index in [9.17, 15) is 24.6 Å². The lowest BCUT2D eigenvalue weighted by Gasteiger charge is -2.27. The minimum absolute atomic E-state index is 0.0798. The molecule has 0 spiro atoms. The van der Waals surface area contributed by atoms with Crippen molar-refractivity contribution in [2.24, 2.45) is 5.41 Å². The second kappa shape index (κ2) is 20.5. The summed E-state index contributed by atoms with van der Waals surface area (Å²) in [6.45, 7) is 5.54. The number of hydrogen-bond acceptors (Lipinski definition) is 6. The van der Waals surface area contributed by atoms with Gasteiger partial charge in [0, 0.05) is 30.7 Å². The average Bonchev–Trinajstić information content (AvgIpc) is 2.81. The monoisotopic (exact) mass is 566 g/mol. The molecule has 200 valence electrons. The normalized spacial score (nSPS) is 13.4. The molecule has 0 saturated heterocycles. The quantitative estimate of drug-likeness (QED) is 0.121. The predicted molar refractivity (Wildman–Crippen MR) is 144 cm³/mol. The van der Waals surface area contributed by atoms with Gasteiger partial charge in [0.1, 0.15) is 6.10 Å². The van der Waals surface area contributed by atoms with Crippen molar-refractivity contribution < 1.29 is 24.6 Å². The molecule has 0 aromatic carbocycles. The Bertz CT molecular complexity index is 578. The van der Waals surface area contributed by atoms with Gasteiger partial charge < -0.3 is 20.8 Å². The second-order valence-electron chi connectivity index (χ2n) is 9.55. The SMILES string of the molecule is CCCCCCCCCCCCC(Br)C(=O)SCCNC(=O)CCNC(=O)C(O)C(C)(C)CO. The van der Waals surface area contributed by atoms with Gasteiger partial charge in [0.25, 0.3) is 0 Å². The molecule has 0 saturated carbocycles. The fourth-order valence-electron chi connectivity index (χ4n) is 3.29. The molecule has 2 amide bonds. The van der Waals surface area contributed by atoms with Crippen molar-refractivity contribution in [1.29, 1.82) is 0 Å². The van der Waals surface area contributed by atoms with Crippen LogP contribution in [0, 0.1) is 5.41 Å². The Hall–Kier alpha value is -0.640. The molecule has 0 radical (unpaired) electrons. The second-order valence-corrected chi connectivity index (χ2v) is 11.8. The number of unbranched alkanes of at least 4 members (excludes halogenated alkanes) is 9. The van der Waals surface area contributed by atoms with Gasteiger partial charge in [-0.15, -0.1) is 0 Å². The van der Waals surface area contributed by atoms with Crippen LogP contribution in [0.4, 0.5) is 0 Å². The van der Waals surface area contributed by atoms with Crippen LogP contribution in [0.2, 0.25) is 0 Å². The number of halogens is 1. The predicted octanol–water partition coefficient (Wildman–Crippen LogP) is 4.32. The van der Waals surface area contributed by atoms with E-state index in [1.165, 1.54) is 63.1 Å². The molecular weight excluding hydrogens is 520 g/mol. The highest BCUT2D eigenvalue weighted by molar-refractivity contribution is 9.10. The lowest BCUT2D eigenvalue weighted by atomic mass is 9.87. The first-order valence-corrected chi connectivity index (χ1v) is 14.7. The standard InChI is InChI=1S/C25H47BrN2O5S/c1-4-5-6-7-8-9-10-11-12-13-14-20(26)24(33)34-18-17-27-21(30)15-16-28-23(32)22(31)25(2,3)19-29/h20,22,29,31H,4-19H2,1-3H3,(H,27,30)(H,28,32). The third-order valence-corrected chi connectivity index (χ3v) is 7.94. The maximum absolute atomic E-state index is 12.2. The van der Waals surface area contributed by atoms with Crippen molar-refractivity contribution in [2.75, 3.05) is 25.4 Å². The van der Waals surface area contributed by atoms with Gasteiger partial charge in [-0.1, -0.05) is 113 Å². The number of hydrogen-bond donors (Lipinski definition) is 4. The Labute approximate surface area is 219 Å². The molecule has 0 aliphatic rings. The Morgan fingerprint density at radius 1 is 0.912 bits per heavy atom. The van der Waals surface area contributed by atoms with Crippen LogP contribution in [0.1, 0.15) is 97.8 Å². The summed E-state index contributed by atoms with van der Waals surface area (Å²) < 4.78 is 0. The summed E-state index contributed by atoms with van der Waals surface area (Å²) in [6.07, 6.45) is 12.3. The van der Waals surface area contributed by atoms with Crippen LogP contribution in [-0.2, 0) is 14.4 Å². The number of alkyl halides is 1. The molecule has 4 N–H and O–H groups in total.